The van der Waals surface area contributed by atoms with Gasteiger partial charge < -0.3 is 10.8 Å². The number of hydrogen-bond acceptors (Lipinski definition) is 4. The number of carboxylic acid groups (broad SMARTS) is 1. The van der Waals surface area contributed by atoms with Crippen LogP contribution in [0.25, 0.3) is 0 Å². The molecule has 5 nitrogen and oxygen atoms in total. The SMILES string of the molecule is Cc1cc(C(CCN)C(=O)O)nc(C)n1. The van der Waals surface area contributed by atoms with Crippen LogP contribution >= 0.6 is 0 Å². The van der Waals surface area contributed by atoms with Gasteiger partial charge in [-0.05, 0) is 32.9 Å². The number of carbonyl (C=O) groups is 1. The number of nitrogens with two attached hydrogens (primary N) is 1. The molecule has 0 saturated carbocycles. The van der Waals surface area contributed by atoms with Crippen LogP contribution in [0.3, 0.4) is 0 Å². The molecule has 0 aliphatic carbocycles. The number of rotatable bonds is 4. The van der Waals surface area contributed by atoms with Gasteiger partial charge in [0.1, 0.15) is 11.7 Å². The quantitative estimate of drug-likeness (QED) is 0.758. The number of aryl methyl sites for hydroxylation is 2. The van der Waals surface area contributed by atoms with E-state index in [0.29, 0.717) is 24.5 Å². The number of carboxylic acids is 1. The van der Waals surface area contributed by atoms with E-state index >= 15 is 0 Å². The molecule has 1 rings (SSSR count). The van der Waals surface area contributed by atoms with Gasteiger partial charge >= 0.3 is 5.97 Å². The standard InChI is InChI=1S/C10H15N3O2/c1-6-5-9(13-7(2)12-6)8(3-4-11)10(14)15/h5,8H,3-4,11H2,1-2H3,(H,14,15). The van der Waals surface area contributed by atoms with Crippen molar-refractivity contribution in [3.05, 3.63) is 23.3 Å². The summed E-state index contributed by atoms with van der Waals surface area (Å²) in [5, 5.41) is 9.02. The van der Waals surface area contributed by atoms with Crippen LogP contribution in [0.2, 0.25) is 0 Å². The van der Waals surface area contributed by atoms with Crippen LogP contribution in [0.1, 0.15) is 29.6 Å². The van der Waals surface area contributed by atoms with Crippen LogP contribution < -0.4 is 5.73 Å². The van der Waals surface area contributed by atoms with Crippen LogP contribution in [0.5, 0.6) is 0 Å². The number of aromatic nitrogens is 2. The van der Waals surface area contributed by atoms with Crippen LogP contribution in [-0.2, 0) is 4.79 Å². The van der Waals surface area contributed by atoms with Crippen molar-refractivity contribution in [2.24, 2.45) is 5.73 Å². The summed E-state index contributed by atoms with van der Waals surface area (Å²) in [6, 6.07) is 1.70. The summed E-state index contributed by atoms with van der Waals surface area (Å²) in [5.41, 5.74) is 6.69. The van der Waals surface area contributed by atoms with Gasteiger partial charge in [-0.15, -0.1) is 0 Å². The highest BCUT2D eigenvalue weighted by Gasteiger charge is 2.20. The lowest BCUT2D eigenvalue weighted by molar-refractivity contribution is -0.139. The minimum atomic E-state index is -0.891. The fraction of sp³-hybridized carbons (Fsp3) is 0.500. The van der Waals surface area contributed by atoms with Gasteiger partial charge in [-0.2, -0.15) is 0 Å². The minimum Gasteiger partial charge on any atom is -0.481 e. The Morgan fingerprint density at radius 1 is 1.53 bits per heavy atom. The Kier molecular flexibility index (Phi) is 3.74. The normalized spacial score (nSPS) is 12.5. The zero-order chi connectivity index (χ0) is 11.4. The molecule has 0 saturated heterocycles. The average molecular weight is 209 g/mol. The molecule has 0 aliphatic heterocycles. The monoisotopic (exact) mass is 209 g/mol. The van der Waals surface area contributed by atoms with E-state index in [1.54, 1.807) is 13.0 Å². The second-order valence-corrected chi connectivity index (χ2v) is 3.45. The van der Waals surface area contributed by atoms with E-state index in [4.69, 9.17) is 10.8 Å². The zero-order valence-corrected chi connectivity index (χ0v) is 8.90. The summed E-state index contributed by atoms with van der Waals surface area (Å²) in [5.74, 6) is -0.929. The molecule has 1 heterocycles. The summed E-state index contributed by atoms with van der Waals surface area (Å²) >= 11 is 0. The first-order chi connectivity index (χ1) is 7.04. The average Bonchev–Trinajstić information content (AvgIpc) is 2.11. The molecule has 3 N–H and O–H groups in total. The third kappa shape index (κ3) is 2.99. The van der Waals surface area contributed by atoms with Gasteiger partial charge in [0.05, 0.1) is 5.69 Å². The van der Waals surface area contributed by atoms with Crippen LogP contribution in [0.15, 0.2) is 6.07 Å². The van der Waals surface area contributed by atoms with Crippen molar-refractivity contribution in [3.63, 3.8) is 0 Å². The Bertz CT molecular complexity index is 345. The van der Waals surface area contributed by atoms with Crippen LogP contribution in [0.4, 0.5) is 0 Å². The van der Waals surface area contributed by atoms with E-state index in [2.05, 4.69) is 9.97 Å². The first-order valence-corrected chi connectivity index (χ1v) is 4.79. The lowest BCUT2D eigenvalue weighted by atomic mass is 10.0. The molecule has 0 radical (unpaired) electrons. The van der Waals surface area contributed by atoms with E-state index in [1.807, 2.05) is 6.92 Å². The number of hydrogen-bond donors (Lipinski definition) is 2. The van der Waals surface area contributed by atoms with Crippen molar-refractivity contribution in [1.29, 1.82) is 0 Å². The van der Waals surface area contributed by atoms with Gasteiger partial charge in [-0.3, -0.25) is 4.79 Å². The van der Waals surface area contributed by atoms with Crippen molar-refractivity contribution >= 4 is 5.97 Å². The maximum absolute atomic E-state index is 11.0. The Balaban J connectivity index is 3.05. The molecule has 0 bridgehead atoms. The van der Waals surface area contributed by atoms with Gasteiger partial charge in [-0.1, -0.05) is 0 Å². The Morgan fingerprint density at radius 3 is 2.67 bits per heavy atom. The molecule has 15 heavy (non-hydrogen) atoms. The van der Waals surface area contributed by atoms with Crippen molar-refractivity contribution in [2.45, 2.75) is 26.2 Å². The molecule has 1 aromatic heterocycles. The lowest BCUT2D eigenvalue weighted by Crippen LogP contribution is -2.18. The third-order valence-corrected chi connectivity index (χ3v) is 2.10. The molecule has 1 unspecified atom stereocenters. The van der Waals surface area contributed by atoms with Crippen LogP contribution in [0, 0.1) is 13.8 Å². The minimum absolute atomic E-state index is 0.332. The largest absolute Gasteiger partial charge is 0.481 e. The van der Waals surface area contributed by atoms with E-state index in [-0.39, 0.29) is 0 Å². The maximum atomic E-state index is 11.0. The number of nitrogens with zero attached hydrogens (tertiary/aromatic N) is 2. The summed E-state index contributed by atoms with van der Waals surface area (Å²) in [6.45, 7) is 3.90. The fourth-order valence-electron chi connectivity index (χ4n) is 1.49. The predicted molar refractivity (Wildman–Crippen MR) is 55.6 cm³/mol. The zero-order valence-electron chi connectivity index (χ0n) is 8.90. The van der Waals surface area contributed by atoms with Gasteiger partial charge in [0.15, 0.2) is 0 Å². The smallest absolute Gasteiger partial charge is 0.312 e. The predicted octanol–water partition coefficient (Wildman–Crippen LogP) is 0.610. The van der Waals surface area contributed by atoms with E-state index in [0.717, 1.165) is 5.69 Å². The molecular weight excluding hydrogens is 194 g/mol. The molecule has 0 spiro atoms. The van der Waals surface area contributed by atoms with Crippen molar-refractivity contribution in [3.8, 4) is 0 Å². The molecular formula is C10H15N3O2. The van der Waals surface area contributed by atoms with Gasteiger partial charge in [0.2, 0.25) is 0 Å². The van der Waals surface area contributed by atoms with Gasteiger partial charge in [0.25, 0.3) is 0 Å². The Hall–Kier alpha value is -1.49. The van der Waals surface area contributed by atoms with Crippen LogP contribution in [-0.4, -0.2) is 27.6 Å². The van der Waals surface area contributed by atoms with Crippen molar-refractivity contribution in [1.82, 2.24) is 9.97 Å². The topological polar surface area (TPSA) is 89.1 Å². The lowest BCUT2D eigenvalue weighted by Gasteiger charge is -2.11. The van der Waals surface area contributed by atoms with E-state index < -0.39 is 11.9 Å². The summed E-state index contributed by atoms with van der Waals surface area (Å²) in [6.07, 6.45) is 0.394. The second-order valence-electron chi connectivity index (χ2n) is 3.45. The first kappa shape index (κ1) is 11.6. The highest BCUT2D eigenvalue weighted by atomic mass is 16.4. The highest BCUT2D eigenvalue weighted by Crippen LogP contribution is 2.17. The van der Waals surface area contributed by atoms with Gasteiger partial charge in [-0.25, -0.2) is 9.97 Å². The third-order valence-electron chi connectivity index (χ3n) is 2.10. The maximum Gasteiger partial charge on any atom is 0.312 e. The molecule has 1 aromatic rings. The molecule has 82 valence electrons. The van der Waals surface area contributed by atoms with E-state index in [1.165, 1.54) is 0 Å². The second kappa shape index (κ2) is 4.84. The van der Waals surface area contributed by atoms with Crippen molar-refractivity contribution < 1.29 is 9.90 Å². The molecule has 0 aromatic carbocycles. The highest BCUT2D eigenvalue weighted by molar-refractivity contribution is 5.75. The van der Waals surface area contributed by atoms with E-state index in [9.17, 15) is 4.79 Å². The molecule has 0 fully saturated rings. The summed E-state index contributed by atoms with van der Waals surface area (Å²) < 4.78 is 0. The number of aliphatic carboxylic acids is 1. The van der Waals surface area contributed by atoms with Gasteiger partial charge in [0, 0.05) is 5.69 Å². The molecule has 5 heteroatoms. The summed E-state index contributed by atoms with van der Waals surface area (Å²) in [7, 11) is 0. The molecule has 0 aliphatic rings. The van der Waals surface area contributed by atoms with Crippen molar-refractivity contribution in [2.75, 3.05) is 6.54 Å². The Labute approximate surface area is 88.4 Å². The first-order valence-electron chi connectivity index (χ1n) is 4.79. The molecule has 0 amide bonds. The fourth-order valence-corrected chi connectivity index (χ4v) is 1.49. The summed E-state index contributed by atoms with van der Waals surface area (Å²) in [4.78, 5) is 19.2. The molecule has 1 atom stereocenters. The Morgan fingerprint density at radius 2 is 2.20 bits per heavy atom.